The molecule has 0 fully saturated rings. The number of aromatic nitrogens is 2. The third-order valence-corrected chi connectivity index (χ3v) is 6.14. The Hall–Kier alpha value is -2.38. The Bertz CT molecular complexity index is 911. The van der Waals surface area contributed by atoms with Crippen LogP contribution in [-0.4, -0.2) is 21.4 Å². The minimum atomic E-state index is -0.240. The molecule has 27 heavy (non-hydrogen) atoms. The van der Waals surface area contributed by atoms with Gasteiger partial charge in [-0.2, -0.15) is 0 Å². The van der Waals surface area contributed by atoms with Gasteiger partial charge in [-0.25, -0.2) is 0 Å². The lowest BCUT2D eigenvalue weighted by Gasteiger charge is -2.10. The molecule has 2 aromatic carbocycles. The fourth-order valence-corrected chi connectivity index (χ4v) is 4.32. The van der Waals surface area contributed by atoms with Gasteiger partial charge in [0.1, 0.15) is 0 Å². The Balaban J connectivity index is 1.53. The normalized spacial score (nSPS) is 11.8. The van der Waals surface area contributed by atoms with E-state index in [1.807, 2.05) is 43.3 Å². The van der Waals surface area contributed by atoms with Crippen molar-refractivity contribution in [3.8, 4) is 0 Å². The predicted molar refractivity (Wildman–Crippen MR) is 113 cm³/mol. The highest BCUT2D eigenvalue weighted by molar-refractivity contribution is 8.02. The molecule has 1 atom stereocenters. The molecule has 7 heteroatoms. The summed E-state index contributed by atoms with van der Waals surface area (Å²) in [4.78, 5) is 12.3. The number of amides is 1. The molecule has 0 bridgehead atoms. The summed E-state index contributed by atoms with van der Waals surface area (Å²) in [6.07, 6.45) is 0. The number of hydrogen-bond acceptors (Lipinski definition) is 6. The third-order valence-electron chi connectivity index (χ3n) is 4.12. The van der Waals surface area contributed by atoms with Crippen LogP contribution in [0, 0.1) is 13.8 Å². The van der Waals surface area contributed by atoms with Gasteiger partial charge in [-0.15, -0.1) is 10.2 Å². The van der Waals surface area contributed by atoms with Crippen molar-refractivity contribution in [2.45, 2.75) is 36.9 Å². The molecule has 0 unspecified atom stereocenters. The van der Waals surface area contributed by atoms with Crippen molar-refractivity contribution >= 4 is 39.8 Å². The maximum atomic E-state index is 12.3. The standard InChI is InChI=1S/C20H22N4OS2/c1-13-9-10-17(11-14(13)2)22-19-23-24-20(27-19)26-15(3)18(25)21-12-16-7-5-4-6-8-16/h4-11,15H,12H2,1-3H3,(H,21,25)(H,22,23)/t15-/m0/s1. The number of nitrogens with zero attached hydrogens (tertiary/aromatic N) is 2. The number of hydrogen-bond donors (Lipinski definition) is 2. The molecule has 1 aromatic heterocycles. The van der Waals surface area contributed by atoms with Gasteiger partial charge in [-0.3, -0.25) is 4.79 Å². The van der Waals surface area contributed by atoms with Crippen LogP contribution < -0.4 is 10.6 Å². The highest BCUT2D eigenvalue weighted by Crippen LogP contribution is 2.30. The molecule has 1 amide bonds. The molecule has 3 rings (SSSR count). The summed E-state index contributed by atoms with van der Waals surface area (Å²) in [5, 5.41) is 15.1. The first-order chi connectivity index (χ1) is 13.0. The van der Waals surface area contributed by atoms with Crippen molar-refractivity contribution in [1.82, 2.24) is 15.5 Å². The average molecular weight is 399 g/mol. The summed E-state index contributed by atoms with van der Waals surface area (Å²) in [7, 11) is 0. The number of carbonyl (C=O) groups excluding carboxylic acids is 1. The van der Waals surface area contributed by atoms with Gasteiger partial charge in [0, 0.05) is 12.2 Å². The fourth-order valence-electron chi connectivity index (χ4n) is 2.38. The van der Waals surface area contributed by atoms with Crippen molar-refractivity contribution < 1.29 is 4.79 Å². The molecule has 0 aliphatic heterocycles. The number of nitrogens with one attached hydrogen (secondary N) is 2. The van der Waals surface area contributed by atoms with E-state index in [9.17, 15) is 4.79 Å². The summed E-state index contributed by atoms with van der Waals surface area (Å²) in [6.45, 7) is 6.57. The van der Waals surface area contributed by atoms with E-state index in [0.29, 0.717) is 6.54 Å². The van der Waals surface area contributed by atoms with Gasteiger partial charge in [-0.05, 0) is 49.6 Å². The molecule has 1 heterocycles. The number of carbonyl (C=O) groups is 1. The second-order valence-corrected chi connectivity index (χ2v) is 8.83. The van der Waals surface area contributed by atoms with Crippen LogP contribution in [0.3, 0.4) is 0 Å². The molecule has 0 aliphatic rings. The molecule has 3 aromatic rings. The van der Waals surface area contributed by atoms with E-state index >= 15 is 0 Å². The van der Waals surface area contributed by atoms with Crippen LogP contribution in [0.25, 0.3) is 0 Å². The largest absolute Gasteiger partial charge is 0.351 e. The maximum absolute atomic E-state index is 12.3. The molecule has 0 saturated carbocycles. The third kappa shape index (κ3) is 5.55. The van der Waals surface area contributed by atoms with Crippen molar-refractivity contribution in [3.05, 3.63) is 65.2 Å². The molecule has 140 valence electrons. The Morgan fingerprint density at radius 3 is 2.63 bits per heavy atom. The predicted octanol–water partition coefficient (Wildman–Crippen LogP) is 4.70. The van der Waals surface area contributed by atoms with Crippen LogP contribution in [0.1, 0.15) is 23.6 Å². The maximum Gasteiger partial charge on any atom is 0.233 e. The zero-order valence-electron chi connectivity index (χ0n) is 15.5. The summed E-state index contributed by atoms with van der Waals surface area (Å²) in [5.41, 5.74) is 4.55. The highest BCUT2D eigenvalue weighted by Gasteiger charge is 2.17. The highest BCUT2D eigenvalue weighted by atomic mass is 32.2. The Morgan fingerprint density at radius 1 is 1.11 bits per heavy atom. The molecule has 0 aliphatic carbocycles. The molecule has 5 nitrogen and oxygen atoms in total. The first-order valence-electron chi connectivity index (χ1n) is 8.67. The zero-order chi connectivity index (χ0) is 19.2. The van der Waals surface area contributed by atoms with E-state index in [-0.39, 0.29) is 11.2 Å². The van der Waals surface area contributed by atoms with E-state index in [4.69, 9.17) is 0 Å². The van der Waals surface area contributed by atoms with Crippen LogP contribution in [0.15, 0.2) is 52.9 Å². The lowest BCUT2D eigenvalue weighted by molar-refractivity contribution is -0.120. The monoisotopic (exact) mass is 398 g/mol. The van der Waals surface area contributed by atoms with Crippen molar-refractivity contribution in [3.63, 3.8) is 0 Å². The van der Waals surface area contributed by atoms with Crippen LogP contribution in [0.4, 0.5) is 10.8 Å². The van der Waals surface area contributed by atoms with E-state index < -0.39 is 0 Å². The van der Waals surface area contributed by atoms with E-state index in [1.54, 1.807) is 0 Å². The van der Waals surface area contributed by atoms with Gasteiger partial charge >= 0.3 is 0 Å². The van der Waals surface area contributed by atoms with E-state index in [2.05, 4.69) is 46.8 Å². The molecular weight excluding hydrogens is 376 g/mol. The minimum absolute atomic E-state index is 0.0114. The van der Waals surface area contributed by atoms with Gasteiger partial charge < -0.3 is 10.6 Å². The average Bonchev–Trinajstić information content (AvgIpc) is 3.10. The number of benzene rings is 2. The Morgan fingerprint density at radius 2 is 1.89 bits per heavy atom. The number of aryl methyl sites for hydroxylation is 2. The van der Waals surface area contributed by atoms with Crippen LogP contribution in [0.5, 0.6) is 0 Å². The van der Waals surface area contributed by atoms with Crippen molar-refractivity contribution in [2.24, 2.45) is 0 Å². The summed E-state index contributed by atoms with van der Waals surface area (Å²) in [6, 6.07) is 16.1. The van der Waals surface area contributed by atoms with E-state index in [0.717, 1.165) is 20.7 Å². The second kappa shape index (κ2) is 9.01. The topological polar surface area (TPSA) is 66.9 Å². The molecule has 0 spiro atoms. The molecule has 0 saturated heterocycles. The van der Waals surface area contributed by atoms with Crippen LogP contribution in [-0.2, 0) is 11.3 Å². The van der Waals surface area contributed by atoms with E-state index in [1.165, 1.54) is 34.2 Å². The summed E-state index contributed by atoms with van der Waals surface area (Å²) < 4.78 is 0.767. The van der Waals surface area contributed by atoms with Gasteiger partial charge in [0.2, 0.25) is 11.0 Å². The molecular formula is C20H22N4OS2. The smallest absolute Gasteiger partial charge is 0.233 e. The first-order valence-corrected chi connectivity index (χ1v) is 10.4. The first kappa shape index (κ1) is 19.4. The summed E-state index contributed by atoms with van der Waals surface area (Å²) in [5.74, 6) is -0.0114. The van der Waals surface area contributed by atoms with Gasteiger partial charge in [0.05, 0.1) is 5.25 Å². The van der Waals surface area contributed by atoms with Crippen molar-refractivity contribution in [1.29, 1.82) is 0 Å². The number of anilines is 2. The fraction of sp³-hybridized carbons (Fsp3) is 0.250. The van der Waals surface area contributed by atoms with Gasteiger partial charge in [0.25, 0.3) is 0 Å². The molecule has 2 N–H and O–H groups in total. The van der Waals surface area contributed by atoms with Gasteiger partial charge in [0.15, 0.2) is 4.34 Å². The lowest BCUT2D eigenvalue weighted by Crippen LogP contribution is -2.30. The Labute approximate surface area is 167 Å². The second-order valence-electron chi connectivity index (χ2n) is 6.26. The van der Waals surface area contributed by atoms with Crippen LogP contribution >= 0.6 is 23.1 Å². The zero-order valence-corrected chi connectivity index (χ0v) is 17.2. The minimum Gasteiger partial charge on any atom is -0.351 e. The van der Waals surface area contributed by atoms with Crippen LogP contribution in [0.2, 0.25) is 0 Å². The quantitative estimate of drug-likeness (QED) is 0.565. The van der Waals surface area contributed by atoms with Crippen molar-refractivity contribution in [2.75, 3.05) is 5.32 Å². The summed E-state index contributed by atoms with van der Waals surface area (Å²) >= 11 is 2.86. The number of thioether (sulfide) groups is 1. The SMILES string of the molecule is Cc1ccc(Nc2nnc(S[C@@H](C)C(=O)NCc3ccccc3)s2)cc1C. The lowest BCUT2D eigenvalue weighted by atomic mass is 10.1. The number of rotatable bonds is 7. The Kier molecular flexibility index (Phi) is 6.47. The van der Waals surface area contributed by atoms with Gasteiger partial charge in [-0.1, -0.05) is 59.5 Å². The molecule has 0 radical (unpaired) electrons.